The van der Waals surface area contributed by atoms with Crippen LogP contribution in [0, 0.1) is 0 Å². The van der Waals surface area contributed by atoms with Gasteiger partial charge in [0.15, 0.2) is 0 Å². The Balaban J connectivity index is 2.49. The van der Waals surface area contributed by atoms with Crippen LogP contribution in [0.1, 0.15) is 5.56 Å². The van der Waals surface area contributed by atoms with Crippen molar-refractivity contribution in [2.75, 3.05) is 25.4 Å². The predicted molar refractivity (Wildman–Crippen MR) is 59.5 cm³/mol. The Bertz CT molecular complexity index is 271. The van der Waals surface area contributed by atoms with Crippen LogP contribution in [-0.2, 0) is 6.42 Å². The molecule has 0 unspecified atom stereocenters. The first-order valence-corrected chi connectivity index (χ1v) is 4.98. The van der Waals surface area contributed by atoms with E-state index in [4.69, 9.17) is 22.4 Å². The van der Waals surface area contributed by atoms with Gasteiger partial charge in [0.25, 0.3) is 0 Å². The molecule has 1 aromatic carbocycles. The first-order valence-electron chi connectivity index (χ1n) is 4.60. The molecule has 4 heteroatoms. The maximum absolute atomic E-state index is 8.56. The zero-order chi connectivity index (χ0) is 10.4. The molecule has 0 aromatic heterocycles. The van der Waals surface area contributed by atoms with Crippen LogP contribution in [0.25, 0.3) is 0 Å². The summed E-state index contributed by atoms with van der Waals surface area (Å²) in [6.07, 6.45) is 0.783. The summed E-state index contributed by atoms with van der Waals surface area (Å²) >= 11 is 5.99. The molecule has 1 aromatic rings. The van der Waals surface area contributed by atoms with E-state index in [1.165, 1.54) is 0 Å². The number of aliphatic hydroxyl groups is 1. The summed E-state index contributed by atoms with van der Waals surface area (Å²) in [5.74, 6) is 0. The lowest BCUT2D eigenvalue weighted by molar-refractivity contribution is 0.293. The van der Waals surface area contributed by atoms with E-state index in [1.54, 1.807) is 0 Å². The second-order valence-corrected chi connectivity index (χ2v) is 3.44. The molecule has 0 amide bonds. The zero-order valence-electron chi connectivity index (χ0n) is 7.96. The smallest absolute Gasteiger partial charge is 0.0555 e. The number of nitrogens with two attached hydrogens (primary N) is 1. The van der Waals surface area contributed by atoms with Gasteiger partial charge in [0.2, 0.25) is 0 Å². The third-order valence-electron chi connectivity index (χ3n) is 2.00. The number of anilines is 1. The average Bonchev–Trinajstić information content (AvgIpc) is 2.16. The predicted octanol–water partition coefficient (Wildman–Crippen LogP) is 1.05. The lowest BCUT2D eigenvalue weighted by Gasteiger charge is -2.08. The summed E-state index contributed by atoms with van der Waals surface area (Å²) in [5, 5.41) is 12.3. The Labute approximate surface area is 88.9 Å². The van der Waals surface area contributed by atoms with E-state index < -0.39 is 0 Å². The van der Waals surface area contributed by atoms with Crippen LogP contribution in [0.5, 0.6) is 0 Å². The van der Waals surface area contributed by atoms with Crippen LogP contribution in [-0.4, -0.2) is 24.8 Å². The topological polar surface area (TPSA) is 58.3 Å². The van der Waals surface area contributed by atoms with Gasteiger partial charge in [-0.3, -0.25) is 0 Å². The molecule has 3 nitrogen and oxygen atoms in total. The van der Waals surface area contributed by atoms with E-state index in [1.807, 2.05) is 18.2 Å². The van der Waals surface area contributed by atoms with Crippen molar-refractivity contribution in [3.05, 3.63) is 28.8 Å². The fraction of sp³-hybridized carbons (Fsp3) is 0.400. The van der Waals surface area contributed by atoms with Crippen LogP contribution in [0.2, 0.25) is 5.02 Å². The van der Waals surface area contributed by atoms with Crippen molar-refractivity contribution in [3.63, 3.8) is 0 Å². The van der Waals surface area contributed by atoms with Crippen molar-refractivity contribution in [3.8, 4) is 0 Å². The summed E-state index contributed by atoms with van der Waals surface area (Å²) in [6.45, 7) is 1.52. The number of hydrogen-bond donors (Lipinski definition) is 3. The summed E-state index contributed by atoms with van der Waals surface area (Å²) in [6, 6.07) is 5.51. The normalized spacial score (nSPS) is 10.4. The zero-order valence-corrected chi connectivity index (χ0v) is 8.72. The summed E-state index contributed by atoms with van der Waals surface area (Å²) in [7, 11) is 0. The first kappa shape index (κ1) is 11.3. The van der Waals surface area contributed by atoms with Gasteiger partial charge in [0, 0.05) is 17.3 Å². The van der Waals surface area contributed by atoms with Gasteiger partial charge in [-0.1, -0.05) is 17.7 Å². The lowest BCUT2D eigenvalue weighted by Crippen LogP contribution is -2.21. The van der Waals surface area contributed by atoms with Gasteiger partial charge in [0.1, 0.15) is 0 Å². The molecule has 0 radical (unpaired) electrons. The number of halogens is 1. The number of aliphatic hydroxyl groups excluding tert-OH is 1. The molecule has 0 bridgehead atoms. The highest BCUT2D eigenvalue weighted by Gasteiger charge is 2.02. The van der Waals surface area contributed by atoms with Gasteiger partial charge in [0.05, 0.1) is 6.61 Å². The van der Waals surface area contributed by atoms with Gasteiger partial charge in [-0.25, -0.2) is 0 Å². The largest absolute Gasteiger partial charge is 0.398 e. The van der Waals surface area contributed by atoms with E-state index in [-0.39, 0.29) is 6.61 Å². The van der Waals surface area contributed by atoms with E-state index >= 15 is 0 Å². The SMILES string of the molecule is Nc1cccc(Cl)c1CCNCCO. The highest BCUT2D eigenvalue weighted by atomic mass is 35.5. The Morgan fingerprint density at radius 1 is 1.36 bits per heavy atom. The highest BCUT2D eigenvalue weighted by Crippen LogP contribution is 2.21. The molecule has 0 saturated heterocycles. The first-order chi connectivity index (χ1) is 6.75. The average molecular weight is 215 g/mol. The van der Waals surface area contributed by atoms with Gasteiger partial charge < -0.3 is 16.2 Å². The van der Waals surface area contributed by atoms with Gasteiger partial charge in [-0.2, -0.15) is 0 Å². The fourth-order valence-corrected chi connectivity index (χ4v) is 1.53. The third kappa shape index (κ3) is 3.18. The number of nitrogen functional groups attached to an aromatic ring is 1. The molecule has 0 atom stereocenters. The molecule has 0 fully saturated rings. The third-order valence-corrected chi connectivity index (χ3v) is 2.35. The van der Waals surface area contributed by atoms with Crippen LogP contribution in [0.15, 0.2) is 18.2 Å². The molecule has 0 heterocycles. The minimum Gasteiger partial charge on any atom is -0.398 e. The summed E-state index contributed by atoms with van der Waals surface area (Å²) < 4.78 is 0. The summed E-state index contributed by atoms with van der Waals surface area (Å²) in [4.78, 5) is 0. The van der Waals surface area contributed by atoms with Crippen LogP contribution in [0.3, 0.4) is 0 Å². The number of benzene rings is 1. The second-order valence-electron chi connectivity index (χ2n) is 3.03. The Kier molecular flexibility index (Phi) is 4.73. The minimum absolute atomic E-state index is 0.151. The maximum atomic E-state index is 8.56. The molecule has 0 aliphatic rings. The Morgan fingerprint density at radius 2 is 2.14 bits per heavy atom. The van der Waals surface area contributed by atoms with Crippen molar-refractivity contribution in [1.29, 1.82) is 0 Å². The quantitative estimate of drug-likeness (QED) is 0.507. The van der Waals surface area contributed by atoms with Gasteiger partial charge in [-0.05, 0) is 30.7 Å². The molecule has 14 heavy (non-hydrogen) atoms. The van der Waals surface area contributed by atoms with Crippen molar-refractivity contribution < 1.29 is 5.11 Å². The highest BCUT2D eigenvalue weighted by molar-refractivity contribution is 6.31. The van der Waals surface area contributed by atoms with E-state index in [9.17, 15) is 0 Å². The standard InChI is InChI=1S/C10H15ClN2O/c11-9-2-1-3-10(12)8(9)4-5-13-6-7-14/h1-3,13-14H,4-7,12H2. The van der Waals surface area contributed by atoms with E-state index in [2.05, 4.69) is 5.32 Å². The molecule has 0 aliphatic heterocycles. The molecule has 0 aliphatic carbocycles. The van der Waals surface area contributed by atoms with Crippen LogP contribution < -0.4 is 11.1 Å². The van der Waals surface area contributed by atoms with Gasteiger partial charge in [-0.15, -0.1) is 0 Å². The molecule has 4 N–H and O–H groups in total. The Hall–Kier alpha value is -0.770. The fourth-order valence-electron chi connectivity index (χ4n) is 1.26. The van der Waals surface area contributed by atoms with Crippen molar-refractivity contribution in [2.45, 2.75) is 6.42 Å². The number of hydrogen-bond acceptors (Lipinski definition) is 3. The lowest BCUT2D eigenvalue weighted by atomic mass is 10.1. The molecule has 0 spiro atoms. The van der Waals surface area contributed by atoms with Gasteiger partial charge >= 0.3 is 0 Å². The number of nitrogens with one attached hydrogen (secondary N) is 1. The van der Waals surface area contributed by atoms with E-state index in [0.29, 0.717) is 11.6 Å². The molecular weight excluding hydrogens is 200 g/mol. The molecule has 1 rings (SSSR count). The van der Waals surface area contributed by atoms with Crippen molar-refractivity contribution >= 4 is 17.3 Å². The summed E-state index contributed by atoms with van der Waals surface area (Å²) in [5.41, 5.74) is 7.47. The van der Waals surface area contributed by atoms with Crippen molar-refractivity contribution in [2.24, 2.45) is 0 Å². The van der Waals surface area contributed by atoms with Crippen LogP contribution >= 0.6 is 11.6 Å². The van der Waals surface area contributed by atoms with E-state index in [0.717, 1.165) is 24.2 Å². The second kappa shape index (κ2) is 5.86. The molecule has 78 valence electrons. The Morgan fingerprint density at radius 3 is 2.79 bits per heavy atom. The molecule has 0 saturated carbocycles. The van der Waals surface area contributed by atoms with Crippen molar-refractivity contribution in [1.82, 2.24) is 5.32 Å². The minimum atomic E-state index is 0.151. The number of rotatable bonds is 5. The maximum Gasteiger partial charge on any atom is 0.0555 e. The monoisotopic (exact) mass is 214 g/mol. The molecular formula is C10H15ClN2O. The van der Waals surface area contributed by atoms with Crippen LogP contribution in [0.4, 0.5) is 5.69 Å².